The van der Waals surface area contributed by atoms with Crippen LogP contribution in [-0.2, 0) is 14.4 Å². The summed E-state index contributed by atoms with van der Waals surface area (Å²) in [6.45, 7) is 9.92. The number of aromatic hydroxyl groups is 1. The van der Waals surface area contributed by atoms with Gasteiger partial charge in [0.15, 0.2) is 0 Å². The number of rotatable bonds is 8. The van der Waals surface area contributed by atoms with Crippen LogP contribution in [0.25, 0.3) is 10.9 Å². The van der Waals surface area contributed by atoms with Crippen LogP contribution in [0.2, 0.25) is 0 Å². The molecule has 2 N–H and O–H groups in total. The Hall–Kier alpha value is -2.59. The number of thiol groups is 1. The van der Waals surface area contributed by atoms with Crippen molar-refractivity contribution in [3.05, 3.63) is 24.3 Å². The van der Waals surface area contributed by atoms with Crippen molar-refractivity contribution < 1.29 is 19.5 Å². The second-order valence-electron chi connectivity index (χ2n) is 7.35. The molecule has 1 aliphatic heterocycles. The van der Waals surface area contributed by atoms with Gasteiger partial charge in [-0.25, -0.2) is 0 Å². The molecule has 2 aromatic rings. The van der Waals surface area contributed by atoms with Crippen LogP contribution in [0.5, 0.6) is 5.75 Å². The normalized spacial score (nSPS) is 13.7. The summed E-state index contributed by atoms with van der Waals surface area (Å²) in [6, 6.07) is 3.54. The maximum atomic E-state index is 12.6. The average Bonchev–Trinajstić information content (AvgIpc) is 3.16. The molecular formula is C24H34N4O4S2. The highest BCUT2D eigenvalue weighted by Crippen LogP contribution is 2.41. The number of hydrogen-bond acceptors (Lipinski definition) is 7. The molecule has 0 aliphatic carbocycles. The van der Waals surface area contributed by atoms with Crippen LogP contribution in [0.4, 0.5) is 5.69 Å². The van der Waals surface area contributed by atoms with E-state index in [1.54, 1.807) is 35.7 Å². The zero-order valence-electron chi connectivity index (χ0n) is 20.2. The Morgan fingerprint density at radius 1 is 1.24 bits per heavy atom. The van der Waals surface area contributed by atoms with Crippen LogP contribution in [0.3, 0.4) is 0 Å². The standard InChI is InChI=1S/C22H28N4O4S2.C2H6/c1-3-5-17(29)26(14-27)9-8-18(30)24-10-12-25(13-11-24)20-16(28)7-6-15-19(20)23-22(21(15)31)32-4-2;1-2/h3,5-7,14,23,28,31H,4,8-13H2,1-2H3;1-2H3/b5-3-;. The molecule has 1 aromatic heterocycles. The van der Waals surface area contributed by atoms with E-state index in [9.17, 15) is 19.5 Å². The number of nitrogens with zero attached hydrogens (tertiary/aromatic N) is 3. The molecule has 1 aliphatic rings. The Kier molecular flexibility index (Phi) is 10.8. The zero-order chi connectivity index (χ0) is 25.3. The van der Waals surface area contributed by atoms with Crippen molar-refractivity contribution in [1.82, 2.24) is 14.8 Å². The number of phenolic OH excluding ortho intramolecular Hbond substituents is 1. The third-order valence-electron chi connectivity index (χ3n) is 5.39. The van der Waals surface area contributed by atoms with Crippen LogP contribution < -0.4 is 4.90 Å². The van der Waals surface area contributed by atoms with E-state index in [1.165, 1.54) is 6.08 Å². The van der Waals surface area contributed by atoms with Crippen LogP contribution >= 0.6 is 24.4 Å². The van der Waals surface area contributed by atoms with Gasteiger partial charge in [-0.1, -0.05) is 26.8 Å². The molecule has 2 heterocycles. The molecule has 0 radical (unpaired) electrons. The number of thioether (sulfide) groups is 1. The molecule has 0 unspecified atom stereocenters. The van der Waals surface area contributed by atoms with E-state index in [0.717, 1.165) is 37.2 Å². The molecule has 1 saturated heterocycles. The summed E-state index contributed by atoms with van der Waals surface area (Å²) in [5.74, 6) is 0.554. The van der Waals surface area contributed by atoms with Gasteiger partial charge in [-0.2, -0.15) is 0 Å². The molecule has 3 amide bonds. The number of hydrogen-bond donors (Lipinski definition) is 3. The molecule has 34 heavy (non-hydrogen) atoms. The minimum atomic E-state index is -0.432. The maximum Gasteiger partial charge on any atom is 0.252 e. The van der Waals surface area contributed by atoms with Crippen molar-refractivity contribution in [1.29, 1.82) is 0 Å². The number of carbonyl (C=O) groups is 3. The van der Waals surface area contributed by atoms with E-state index in [-0.39, 0.29) is 24.6 Å². The van der Waals surface area contributed by atoms with Crippen molar-refractivity contribution in [3.63, 3.8) is 0 Å². The van der Waals surface area contributed by atoms with Gasteiger partial charge in [-0.05, 0) is 30.9 Å². The molecule has 1 fully saturated rings. The number of fused-ring (bicyclic) bond motifs is 1. The van der Waals surface area contributed by atoms with Crippen molar-refractivity contribution >= 4 is 59.2 Å². The Morgan fingerprint density at radius 3 is 2.50 bits per heavy atom. The topological polar surface area (TPSA) is 97.0 Å². The first-order valence-corrected chi connectivity index (χ1v) is 12.9. The molecule has 8 nitrogen and oxygen atoms in total. The fourth-order valence-corrected chi connectivity index (χ4v) is 4.92. The first kappa shape index (κ1) is 27.7. The van der Waals surface area contributed by atoms with Crippen molar-refractivity contribution in [2.45, 2.75) is 44.0 Å². The number of allylic oxidation sites excluding steroid dienone is 1. The molecule has 1 aromatic carbocycles. The fraction of sp³-hybridized carbons (Fsp3) is 0.458. The van der Waals surface area contributed by atoms with Gasteiger partial charge in [0, 0.05) is 49.4 Å². The van der Waals surface area contributed by atoms with Gasteiger partial charge in [-0.15, -0.1) is 24.4 Å². The Morgan fingerprint density at radius 2 is 1.91 bits per heavy atom. The van der Waals surface area contributed by atoms with Gasteiger partial charge in [0.2, 0.25) is 12.3 Å². The largest absolute Gasteiger partial charge is 0.506 e. The molecule has 0 atom stereocenters. The highest BCUT2D eigenvalue weighted by molar-refractivity contribution is 7.99. The monoisotopic (exact) mass is 506 g/mol. The number of H-pyrrole nitrogens is 1. The summed E-state index contributed by atoms with van der Waals surface area (Å²) < 4.78 is 0. The number of phenols is 1. The lowest BCUT2D eigenvalue weighted by atomic mass is 10.1. The molecule has 3 rings (SSSR count). The molecule has 0 saturated carbocycles. The second-order valence-corrected chi connectivity index (χ2v) is 9.07. The lowest BCUT2D eigenvalue weighted by Gasteiger charge is -2.36. The minimum absolute atomic E-state index is 0.0525. The first-order valence-electron chi connectivity index (χ1n) is 11.5. The fourth-order valence-electron chi connectivity index (χ4n) is 3.77. The van der Waals surface area contributed by atoms with Gasteiger partial charge in [-0.3, -0.25) is 19.3 Å². The minimum Gasteiger partial charge on any atom is -0.506 e. The summed E-state index contributed by atoms with van der Waals surface area (Å²) in [4.78, 5) is 44.6. The van der Waals surface area contributed by atoms with Gasteiger partial charge in [0.1, 0.15) is 11.4 Å². The SMILES string of the molecule is C/C=C\C(=O)N(C=O)CCC(=O)N1CCN(c2c(O)ccc3c(S)c(SCC)[nH]c23)CC1.CC. The van der Waals surface area contributed by atoms with E-state index >= 15 is 0 Å². The van der Waals surface area contributed by atoms with Crippen LogP contribution in [-0.4, -0.2) is 76.6 Å². The van der Waals surface area contributed by atoms with Gasteiger partial charge in [0.05, 0.1) is 10.5 Å². The summed E-state index contributed by atoms with van der Waals surface area (Å²) in [5, 5.41) is 12.5. The molecule has 10 heteroatoms. The predicted molar refractivity (Wildman–Crippen MR) is 141 cm³/mol. The van der Waals surface area contributed by atoms with E-state index in [1.807, 2.05) is 19.9 Å². The number of aromatic amines is 1. The molecule has 0 spiro atoms. The lowest BCUT2D eigenvalue weighted by Crippen LogP contribution is -2.49. The number of amides is 3. The van der Waals surface area contributed by atoms with E-state index in [4.69, 9.17) is 0 Å². The van der Waals surface area contributed by atoms with Crippen molar-refractivity contribution in [2.75, 3.05) is 43.4 Å². The van der Waals surface area contributed by atoms with Gasteiger partial charge >= 0.3 is 0 Å². The number of nitrogens with one attached hydrogen (secondary N) is 1. The van der Waals surface area contributed by atoms with E-state index < -0.39 is 5.91 Å². The zero-order valence-corrected chi connectivity index (χ0v) is 21.9. The molecular weight excluding hydrogens is 472 g/mol. The predicted octanol–water partition coefficient (Wildman–Crippen LogP) is 3.90. The number of aromatic nitrogens is 1. The lowest BCUT2D eigenvalue weighted by molar-refractivity contribution is -0.136. The van der Waals surface area contributed by atoms with Crippen molar-refractivity contribution in [2.24, 2.45) is 0 Å². The number of carbonyl (C=O) groups excluding carboxylic acids is 3. The Balaban J connectivity index is 0.00000199. The number of imide groups is 1. The highest BCUT2D eigenvalue weighted by atomic mass is 32.2. The number of benzene rings is 1. The van der Waals surface area contributed by atoms with E-state index in [0.29, 0.717) is 32.6 Å². The maximum absolute atomic E-state index is 12.6. The van der Waals surface area contributed by atoms with Crippen molar-refractivity contribution in [3.8, 4) is 5.75 Å². The smallest absolute Gasteiger partial charge is 0.252 e. The number of anilines is 1. The van der Waals surface area contributed by atoms with E-state index in [2.05, 4.69) is 29.4 Å². The highest BCUT2D eigenvalue weighted by Gasteiger charge is 2.26. The molecule has 0 bridgehead atoms. The third-order valence-corrected chi connectivity index (χ3v) is 6.89. The Bertz CT molecular complexity index is 1030. The first-order chi connectivity index (χ1) is 16.4. The summed E-state index contributed by atoms with van der Waals surface area (Å²) >= 11 is 6.31. The summed E-state index contributed by atoms with van der Waals surface area (Å²) in [7, 11) is 0. The quantitative estimate of drug-likeness (QED) is 0.217. The molecule has 186 valence electrons. The average molecular weight is 507 g/mol. The number of piperazine rings is 1. The summed E-state index contributed by atoms with van der Waals surface area (Å²) in [5.41, 5.74) is 1.56. The van der Waals surface area contributed by atoms with Crippen LogP contribution in [0, 0.1) is 0 Å². The second kappa shape index (κ2) is 13.3. The Labute approximate surface area is 210 Å². The van der Waals surface area contributed by atoms with Gasteiger partial charge in [0.25, 0.3) is 5.91 Å². The van der Waals surface area contributed by atoms with Gasteiger partial charge < -0.3 is 19.9 Å². The third kappa shape index (κ3) is 6.29. The summed E-state index contributed by atoms with van der Waals surface area (Å²) in [6.07, 6.45) is 3.39. The van der Waals surface area contributed by atoms with Crippen LogP contribution in [0.1, 0.15) is 34.1 Å². The van der Waals surface area contributed by atoms with Crippen LogP contribution in [0.15, 0.2) is 34.2 Å².